The smallest absolute Gasteiger partial charge is 0.406 e. The Labute approximate surface area is 170 Å². The van der Waals surface area contributed by atoms with E-state index in [9.17, 15) is 18.0 Å². The molecule has 0 bridgehead atoms. The minimum absolute atomic E-state index is 0.0548. The first-order valence-corrected chi connectivity index (χ1v) is 10.1. The molecule has 3 rings (SSSR count). The van der Waals surface area contributed by atoms with Gasteiger partial charge in [-0.1, -0.05) is 32.9 Å². The van der Waals surface area contributed by atoms with Gasteiger partial charge in [0.25, 0.3) is 0 Å². The van der Waals surface area contributed by atoms with Crippen molar-refractivity contribution in [1.82, 2.24) is 10.2 Å². The van der Waals surface area contributed by atoms with Gasteiger partial charge in [-0.25, -0.2) is 0 Å². The van der Waals surface area contributed by atoms with E-state index in [1.54, 1.807) is 6.08 Å². The summed E-state index contributed by atoms with van der Waals surface area (Å²) in [5.74, 6) is 0.850. The van der Waals surface area contributed by atoms with Crippen LogP contribution in [0.15, 0.2) is 30.3 Å². The van der Waals surface area contributed by atoms with Gasteiger partial charge in [0.1, 0.15) is 5.75 Å². The van der Waals surface area contributed by atoms with Crippen LogP contribution in [0, 0.1) is 17.3 Å². The zero-order chi connectivity index (χ0) is 21.2. The maximum Gasteiger partial charge on any atom is 0.573 e. The van der Waals surface area contributed by atoms with Gasteiger partial charge < -0.3 is 15.0 Å². The summed E-state index contributed by atoms with van der Waals surface area (Å²) in [6.07, 6.45) is 0.404. The molecule has 29 heavy (non-hydrogen) atoms. The van der Waals surface area contributed by atoms with Crippen LogP contribution in [-0.2, 0) is 4.79 Å². The first-order valence-electron chi connectivity index (χ1n) is 10.1. The molecule has 1 N–H and O–H groups in total. The Morgan fingerprint density at radius 1 is 1.14 bits per heavy atom. The van der Waals surface area contributed by atoms with E-state index in [2.05, 4.69) is 30.8 Å². The number of fused-ring (bicyclic) bond motifs is 1. The fourth-order valence-corrected chi connectivity index (χ4v) is 4.53. The maximum absolute atomic E-state index is 12.6. The standard InChI is InChI=1S/C22H29F3N2O2/c1-21(2,3)20-18-11-13-27(12-10-16(18)14-26-20)19(28)9-6-15-4-7-17(8-5-15)29-22(23,24)25/h4-9,16,18,20,26H,10-14H2,1-3H3/b9-6+/t16-,18-,20?/m0/s1. The van der Waals surface area contributed by atoms with Gasteiger partial charge >= 0.3 is 6.36 Å². The highest BCUT2D eigenvalue weighted by Crippen LogP contribution is 2.39. The number of amides is 1. The molecule has 1 aromatic rings. The normalized spacial score (nSPS) is 25.7. The van der Waals surface area contributed by atoms with Crippen LogP contribution in [-0.4, -0.2) is 42.8 Å². The highest BCUT2D eigenvalue weighted by molar-refractivity contribution is 5.91. The lowest BCUT2D eigenvalue weighted by Crippen LogP contribution is -2.40. The van der Waals surface area contributed by atoms with E-state index in [-0.39, 0.29) is 17.1 Å². The molecule has 0 saturated carbocycles. The second-order valence-electron chi connectivity index (χ2n) is 9.03. The van der Waals surface area contributed by atoms with E-state index in [0.29, 0.717) is 23.4 Å². The topological polar surface area (TPSA) is 41.6 Å². The number of carbonyl (C=O) groups is 1. The summed E-state index contributed by atoms with van der Waals surface area (Å²) in [7, 11) is 0. The average molecular weight is 410 g/mol. The Balaban J connectivity index is 1.57. The summed E-state index contributed by atoms with van der Waals surface area (Å²) in [5, 5.41) is 3.68. The first kappa shape index (κ1) is 21.7. The van der Waals surface area contributed by atoms with E-state index in [0.717, 1.165) is 32.5 Å². The van der Waals surface area contributed by atoms with Gasteiger partial charge in [0.05, 0.1) is 0 Å². The summed E-state index contributed by atoms with van der Waals surface area (Å²) in [6.45, 7) is 9.26. The summed E-state index contributed by atoms with van der Waals surface area (Å²) < 4.78 is 40.5. The van der Waals surface area contributed by atoms with Crippen LogP contribution < -0.4 is 10.1 Å². The molecule has 1 unspecified atom stereocenters. The molecular weight excluding hydrogens is 381 g/mol. The van der Waals surface area contributed by atoms with Crippen molar-refractivity contribution in [3.63, 3.8) is 0 Å². The molecule has 2 fully saturated rings. The van der Waals surface area contributed by atoms with Crippen LogP contribution in [0.25, 0.3) is 6.08 Å². The fraction of sp³-hybridized carbons (Fsp3) is 0.591. The Morgan fingerprint density at radius 3 is 2.41 bits per heavy atom. The van der Waals surface area contributed by atoms with Gasteiger partial charge in [-0.2, -0.15) is 0 Å². The highest BCUT2D eigenvalue weighted by Gasteiger charge is 2.42. The molecule has 2 aliphatic rings. The number of rotatable bonds is 3. The molecule has 1 amide bonds. The van der Waals surface area contributed by atoms with Crippen LogP contribution in [0.3, 0.4) is 0 Å². The van der Waals surface area contributed by atoms with E-state index in [4.69, 9.17) is 0 Å². The number of nitrogens with one attached hydrogen (secondary N) is 1. The number of hydrogen-bond donors (Lipinski definition) is 1. The third-order valence-corrected chi connectivity index (χ3v) is 5.91. The monoisotopic (exact) mass is 410 g/mol. The van der Waals surface area contributed by atoms with E-state index < -0.39 is 6.36 Å². The summed E-state index contributed by atoms with van der Waals surface area (Å²) in [6, 6.07) is 5.94. The van der Waals surface area contributed by atoms with Gasteiger partial charge in [-0.15, -0.1) is 13.2 Å². The van der Waals surface area contributed by atoms with Crippen molar-refractivity contribution in [1.29, 1.82) is 0 Å². The van der Waals surface area contributed by atoms with Gasteiger partial charge in [0.15, 0.2) is 0 Å². The van der Waals surface area contributed by atoms with Crippen molar-refractivity contribution in [2.75, 3.05) is 19.6 Å². The second kappa shape index (κ2) is 8.38. The largest absolute Gasteiger partial charge is 0.573 e. The van der Waals surface area contributed by atoms with Gasteiger partial charge in [0, 0.05) is 25.2 Å². The van der Waals surface area contributed by atoms with Gasteiger partial charge in [-0.05, 0) is 60.4 Å². The van der Waals surface area contributed by atoms with Crippen molar-refractivity contribution >= 4 is 12.0 Å². The van der Waals surface area contributed by atoms with Crippen LogP contribution >= 0.6 is 0 Å². The molecule has 4 nitrogen and oxygen atoms in total. The van der Waals surface area contributed by atoms with Crippen LogP contribution in [0.5, 0.6) is 5.75 Å². The predicted molar refractivity (Wildman–Crippen MR) is 106 cm³/mol. The average Bonchev–Trinajstić information content (AvgIpc) is 2.92. The molecule has 0 aromatic heterocycles. The summed E-state index contributed by atoms with van der Waals surface area (Å²) >= 11 is 0. The zero-order valence-corrected chi connectivity index (χ0v) is 17.1. The Kier molecular flexibility index (Phi) is 6.27. The van der Waals surface area contributed by atoms with E-state index >= 15 is 0 Å². The number of carbonyl (C=O) groups excluding carboxylic acids is 1. The molecule has 0 radical (unpaired) electrons. The Morgan fingerprint density at radius 2 is 1.79 bits per heavy atom. The number of benzene rings is 1. The SMILES string of the molecule is CC(C)(C)C1NC[C@@H]2CCN(C(=O)/C=C/c3ccc(OC(F)(F)F)cc3)CC[C@H]12. The number of hydrogen-bond acceptors (Lipinski definition) is 3. The van der Waals surface area contributed by atoms with Crippen LogP contribution in [0.4, 0.5) is 13.2 Å². The molecule has 2 aliphatic heterocycles. The summed E-state index contributed by atoms with van der Waals surface area (Å²) in [5.41, 5.74) is 0.845. The van der Waals surface area contributed by atoms with E-state index in [1.807, 2.05) is 4.90 Å². The van der Waals surface area contributed by atoms with Gasteiger partial charge in [-0.3, -0.25) is 4.79 Å². The predicted octanol–water partition coefficient (Wildman–Crippen LogP) is 4.47. The van der Waals surface area contributed by atoms with Gasteiger partial charge in [0.2, 0.25) is 5.91 Å². The van der Waals surface area contributed by atoms with Crippen molar-refractivity contribution in [3.8, 4) is 5.75 Å². The van der Waals surface area contributed by atoms with Crippen molar-refractivity contribution < 1.29 is 22.7 Å². The first-order chi connectivity index (χ1) is 13.5. The summed E-state index contributed by atoms with van der Waals surface area (Å²) in [4.78, 5) is 14.5. The molecule has 7 heteroatoms. The second-order valence-corrected chi connectivity index (χ2v) is 9.03. The number of alkyl halides is 3. The third-order valence-electron chi connectivity index (χ3n) is 5.91. The lowest BCUT2D eigenvalue weighted by atomic mass is 9.75. The number of likely N-dealkylation sites (tertiary alicyclic amines) is 1. The molecule has 3 atom stereocenters. The maximum atomic E-state index is 12.6. The molecule has 160 valence electrons. The molecule has 2 saturated heterocycles. The quantitative estimate of drug-likeness (QED) is 0.748. The van der Waals surface area contributed by atoms with Crippen molar-refractivity contribution in [2.45, 2.75) is 46.0 Å². The molecular formula is C22H29F3N2O2. The Bertz CT molecular complexity index is 738. The van der Waals surface area contributed by atoms with E-state index in [1.165, 1.54) is 30.3 Å². The van der Waals surface area contributed by atoms with Crippen molar-refractivity contribution in [3.05, 3.63) is 35.9 Å². The van der Waals surface area contributed by atoms with Crippen LogP contribution in [0.2, 0.25) is 0 Å². The Hall–Kier alpha value is -2.02. The minimum atomic E-state index is -4.71. The molecule has 2 heterocycles. The number of halogens is 3. The van der Waals surface area contributed by atoms with Crippen molar-refractivity contribution in [2.24, 2.45) is 17.3 Å². The molecule has 0 spiro atoms. The third kappa shape index (κ3) is 5.75. The molecule has 1 aromatic carbocycles. The zero-order valence-electron chi connectivity index (χ0n) is 17.1. The lowest BCUT2D eigenvalue weighted by Gasteiger charge is -2.33. The fourth-order valence-electron chi connectivity index (χ4n) is 4.53. The van der Waals surface area contributed by atoms with Crippen LogP contribution in [0.1, 0.15) is 39.2 Å². The number of ether oxygens (including phenoxy) is 1. The molecule has 0 aliphatic carbocycles. The number of nitrogens with zero attached hydrogens (tertiary/aromatic N) is 1. The highest BCUT2D eigenvalue weighted by atomic mass is 19.4. The minimum Gasteiger partial charge on any atom is -0.406 e. The lowest BCUT2D eigenvalue weighted by molar-refractivity contribution is -0.274.